The van der Waals surface area contributed by atoms with Gasteiger partial charge in [0.15, 0.2) is 0 Å². The lowest BCUT2D eigenvalue weighted by Gasteiger charge is -2.23. The molecule has 0 spiro atoms. The molecule has 0 aromatic heterocycles. The number of fused-ring (bicyclic) bond motifs is 7. The summed E-state index contributed by atoms with van der Waals surface area (Å²) in [6, 6.07) is 81.3. The van der Waals surface area contributed by atoms with Gasteiger partial charge in [0.1, 0.15) is 0 Å². The second-order valence-electron chi connectivity index (χ2n) is 17.2. The lowest BCUT2D eigenvalue weighted by Crippen LogP contribution is -2.15. The molecule has 0 amide bonds. The monoisotopic (exact) mass is 774 g/mol. The minimum Gasteiger partial charge on any atom is -0.0622 e. The van der Waals surface area contributed by atoms with Gasteiger partial charge in [0, 0.05) is 5.41 Å². The van der Waals surface area contributed by atoms with Gasteiger partial charge in [-0.1, -0.05) is 202 Å². The maximum absolute atomic E-state index is 2.47. The standard InChI is InChI=1S/C61H42/c1-61(2)57-37-45(28-31-51(57)52-32-30-46(38-58(52)61)50-21-11-10-20-49(50)41-16-4-3-5-17-41)44-29-33-55-56(36-44)60(48-27-25-40-15-7-9-19-43(40)35-48)54-23-13-12-22-53(54)59(55)47-26-24-39-14-6-8-18-42(39)34-47/h3-38H,1-2H3. The molecule has 11 aromatic rings. The fourth-order valence-electron chi connectivity index (χ4n) is 10.4. The molecule has 0 nitrogen and oxygen atoms in total. The Morgan fingerprint density at radius 3 is 1.30 bits per heavy atom. The zero-order valence-corrected chi connectivity index (χ0v) is 34.3. The van der Waals surface area contributed by atoms with Crippen LogP contribution in [-0.2, 0) is 5.41 Å². The number of hydrogen-bond acceptors (Lipinski definition) is 0. The van der Waals surface area contributed by atoms with Crippen molar-refractivity contribution in [3.05, 3.63) is 230 Å². The van der Waals surface area contributed by atoms with Crippen molar-refractivity contribution in [3.8, 4) is 66.8 Å². The highest BCUT2D eigenvalue weighted by molar-refractivity contribution is 6.22. The Hall–Kier alpha value is -7.54. The van der Waals surface area contributed by atoms with E-state index in [0.717, 1.165) is 0 Å². The van der Waals surface area contributed by atoms with E-state index in [1.165, 1.54) is 121 Å². The van der Waals surface area contributed by atoms with Crippen molar-refractivity contribution < 1.29 is 0 Å². The minimum atomic E-state index is -0.176. The highest BCUT2D eigenvalue weighted by Gasteiger charge is 2.36. The van der Waals surface area contributed by atoms with Crippen LogP contribution in [0, 0.1) is 0 Å². The quantitative estimate of drug-likeness (QED) is 0.153. The third kappa shape index (κ3) is 5.67. The summed E-state index contributed by atoms with van der Waals surface area (Å²) >= 11 is 0. The van der Waals surface area contributed by atoms with Crippen LogP contribution in [0.25, 0.3) is 110 Å². The largest absolute Gasteiger partial charge is 0.0622 e. The van der Waals surface area contributed by atoms with Crippen LogP contribution in [0.5, 0.6) is 0 Å². The first-order valence-corrected chi connectivity index (χ1v) is 21.4. The van der Waals surface area contributed by atoms with Gasteiger partial charge in [-0.25, -0.2) is 0 Å². The van der Waals surface area contributed by atoms with E-state index in [9.17, 15) is 0 Å². The van der Waals surface area contributed by atoms with Crippen LogP contribution < -0.4 is 0 Å². The van der Waals surface area contributed by atoms with Gasteiger partial charge in [-0.2, -0.15) is 0 Å². The zero-order valence-electron chi connectivity index (χ0n) is 34.3. The molecule has 0 saturated heterocycles. The van der Waals surface area contributed by atoms with Gasteiger partial charge in [0.25, 0.3) is 0 Å². The Labute approximate surface area is 357 Å². The highest BCUT2D eigenvalue weighted by atomic mass is 14.4. The van der Waals surface area contributed by atoms with E-state index in [-0.39, 0.29) is 5.41 Å². The van der Waals surface area contributed by atoms with E-state index in [1.54, 1.807) is 0 Å². The third-order valence-corrected chi connectivity index (χ3v) is 13.4. The van der Waals surface area contributed by atoms with Crippen LogP contribution in [0.1, 0.15) is 25.0 Å². The molecule has 0 N–H and O–H groups in total. The molecule has 0 unspecified atom stereocenters. The van der Waals surface area contributed by atoms with Crippen LogP contribution in [-0.4, -0.2) is 0 Å². The molecule has 12 rings (SSSR count). The first-order chi connectivity index (χ1) is 30.0. The van der Waals surface area contributed by atoms with Crippen molar-refractivity contribution in [2.45, 2.75) is 19.3 Å². The van der Waals surface area contributed by atoms with Gasteiger partial charge in [-0.3, -0.25) is 0 Å². The van der Waals surface area contributed by atoms with Gasteiger partial charge >= 0.3 is 0 Å². The van der Waals surface area contributed by atoms with Gasteiger partial charge in [0.2, 0.25) is 0 Å². The lowest BCUT2D eigenvalue weighted by atomic mass is 9.80. The third-order valence-electron chi connectivity index (χ3n) is 13.4. The molecule has 0 aliphatic heterocycles. The Morgan fingerprint density at radius 2 is 0.672 bits per heavy atom. The van der Waals surface area contributed by atoms with Gasteiger partial charge in [0.05, 0.1) is 0 Å². The smallest absolute Gasteiger partial charge is 0.0159 e. The fraction of sp³-hybridized carbons (Fsp3) is 0.0492. The summed E-state index contributed by atoms with van der Waals surface area (Å²) in [5.74, 6) is 0. The minimum absolute atomic E-state index is 0.176. The van der Waals surface area contributed by atoms with Crippen molar-refractivity contribution >= 4 is 43.1 Å². The molecule has 1 aliphatic rings. The topological polar surface area (TPSA) is 0 Å². The number of hydrogen-bond donors (Lipinski definition) is 0. The molecule has 0 heteroatoms. The van der Waals surface area contributed by atoms with Crippen molar-refractivity contribution in [2.24, 2.45) is 0 Å². The summed E-state index contributed by atoms with van der Waals surface area (Å²) in [6.45, 7) is 4.79. The van der Waals surface area contributed by atoms with Crippen molar-refractivity contribution in [1.82, 2.24) is 0 Å². The summed E-state index contributed by atoms with van der Waals surface area (Å²) in [7, 11) is 0. The van der Waals surface area contributed by atoms with Crippen molar-refractivity contribution in [1.29, 1.82) is 0 Å². The Balaban J connectivity index is 1.04. The number of benzene rings is 11. The van der Waals surface area contributed by atoms with Crippen LogP contribution in [0.4, 0.5) is 0 Å². The highest BCUT2D eigenvalue weighted by Crippen LogP contribution is 2.52. The second-order valence-corrected chi connectivity index (χ2v) is 17.2. The first kappa shape index (κ1) is 35.4. The predicted octanol–water partition coefficient (Wildman–Crippen LogP) is 16.9. The zero-order chi connectivity index (χ0) is 40.7. The first-order valence-electron chi connectivity index (χ1n) is 21.4. The molecule has 0 fully saturated rings. The molecular formula is C61H42. The SMILES string of the molecule is CC1(C)c2cc(-c3ccc4c(-c5ccc6ccccc6c5)c5ccccc5c(-c5ccc6ccccc6c5)c4c3)ccc2-c2ccc(-c3ccccc3-c3ccccc3)cc21. The van der Waals surface area contributed by atoms with Crippen molar-refractivity contribution in [3.63, 3.8) is 0 Å². The van der Waals surface area contributed by atoms with Gasteiger partial charge in [-0.15, -0.1) is 0 Å². The normalized spacial score (nSPS) is 12.9. The Morgan fingerprint density at radius 1 is 0.246 bits per heavy atom. The fourth-order valence-corrected chi connectivity index (χ4v) is 10.4. The van der Waals surface area contributed by atoms with Crippen LogP contribution in [0.3, 0.4) is 0 Å². The van der Waals surface area contributed by atoms with Crippen molar-refractivity contribution in [2.75, 3.05) is 0 Å². The number of rotatable bonds is 5. The van der Waals surface area contributed by atoms with E-state index in [4.69, 9.17) is 0 Å². The maximum atomic E-state index is 2.47. The molecule has 286 valence electrons. The van der Waals surface area contributed by atoms with Gasteiger partial charge < -0.3 is 0 Å². The maximum Gasteiger partial charge on any atom is 0.0159 e. The average molecular weight is 775 g/mol. The Kier molecular flexibility index (Phi) is 7.99. The molecule has 0 bridgehead atoms. The molecule has 61 heavy (non-hydrogen) atoms. The summed E-state index contributed by atoms with van der Waals surface area (Å²) in [6.07, 6.45) is 0. The summed E-state index contributed by atoms with van der Waals surface area (Å²) in [4.78, 5) is 0. The van der Waals surface area contributed by atoms with E-state index < -0.39 is 0 Å². The summed E-state index contributed by atoms with van der Waals surface area (Å²) in [5.41, 5.74) is 17.7. The molecule has 1 aliphatic carbocycles. The van der Waals surface area contributed by atoms with Crippen LogP contribution in [0.2, 0.25) is 0 Å². The molecule has 0 radical (unpaired) electrons. The molecular weight excluding hydrogens is 733 g/mol. The van der Waals surface area contributed by atoms with E-state index in [0.29, 0.717) is 0 Å². The summed E-state index contributed by atoms with van der Waals surface area (Å²) in [5, 5.41) is 10.1. The average Bonchev–Trinajstić information content (AvgIpc) is 3.55. The molecule has 11 aromatic carbocycles. The molecule has 0 atom stereocenters. The van der Waals surface area contributed by atoms with E-state index in [2.05, 4.69) is 232 Å². The lowest BCUT2D eigenvalue weighted by molar-refractivity contribution is 0.661. The van der Waals surface area contributed by atoms with E-state index in [1.807, 2.05) is 0 Å². The molecule has 0 saturated carbocycles. The summed E-state index contributed by atoms with van der Waals surface area (Å²) < 4.78 is 0. The van der Waals surface area contributed by atoms with Crippen LogP contribution >= 0.6 is 0 Å². The van der Waals surface area contributed by atoms with Crippen LogP contribution in [0.15, 0.2) is 218 Å². The second kappa shape index (κ2) is 13.8. The Bertz CT molecular complexity index is 3550. The van der Waals surface area contributed by atoms with E-state index >= 15 is 0 Å². The predicted molar refractivity (Wildman–Crippen MR) is 261 cm³/mol. The molecule has 0 heterocycles. The van der Waals surface area contributed by atoms with Gasteiger partial charge in [-0.05, 0) is 151 Å².